The Morgan fingerprint density at radius 3 is 2.40 bits per heavy atom. The number of nitrogens with zero attached hydrogens (tertiary/aromatic N) is 1. The second-order valence-corrected chi connectivity index (χ2v) is 5.84. The maximum absolute atomic E-state index is 14.0. The van der Waals surface area contributed by atoms with Crippen LogP contribution in [0.5, 0.6) is 0 Å². The number of carbonyl (C=O) groups excluding carboxylic acids is 2. The number of nitrogens with one attached hydrogen (secondary N) is 1. The van der Waals surface area contributed by atoms with E-state index in [4.69, 9.17) is 23.8 Å². The van der Waals surface area contributed by atoms with E-state index in [0.717, 1.165) is 23.1 Å². The summed E-state index contributed by atoms with van der Waals surface area (Å²) >= 11 is 10.9. The third kappa shape index (κ3) is 3.16. The van der Waals surface area contributed by atoms with E-state index in [-0.39, 0.29) is 21.4 Å². The number of rotatable bonds is 2. The molecule has 4 nitrogen and oxygen atoms in total. The summed E-state index contributed by atoms with van der Waals surface area (Å²) in [5.74, 6) is -3.09. The van der Waals surface area contributed by atoms with Gasteiger partial charge in [0.2, 0.25) is 0 Å². The van der Waals surface area contributed by atoms with E-state index in [2.05, 4.69) is 5.32 Å². The van der Waals surface area contributed by atoms with Gasteiger partial charge < -0.3 is 0 Å². The standard InChI is InChI=1S/C17H9ClF2N2O2S/c18-11-4-3-6-12(19)9(11)8-10-15(23)21-17(25)22(16(10)24)14-7-2-1-5-13(14)20/h1-8H,(H,21,23,25)/b10-8+. The monoisotopic (exact) mass is 378 g/mol. The van der Waals surface area contributed by atoms with Crippen LogP contribution in [0.3, 0.4) is 0 Å². The summed E-state index contributed by atoms with van der Waals surface area (Å²) in [6, 6.07) is 9.41. The summed E-state index contributed by atoms with van der Waals surface area (Å²) in [5.41, 5.74) is -0.657. The van der Waals surface area contributed by atoms with Crippen molar-refractivity contribution in [3.8, 4) is 0 Å². The third-order valence-electron chi connectivity index (χ3n) is 3.48. The molecule has 0 saturated carbocycles. The Kier molecular flexibility index (Phi) is 4.61. The van der Waals surface area contributed by atoms with E-state index in [9.17, 15) is 18.4 Å². The molecule has 1 N–H and O–H groups in total. The molecule has 1 heterocycles. The number of carbonyl (C=O) groups is 2. The maximum Gasteiger partial charge on any atom is 0.270 e. The van der Waals surface area contributed by atoms with Crippen LogP contribution in [-0.2, 0) is 9.59 Å². The van der Waals surface area contributed by atoms with Crippen molar-refractivity contribution < 1.29 is 18.4 Å². The molecule has 0 spiro atoms. The van der Waals surface area contributed by atoms with E-state index in [1.807, 2.05) is 0 Å². The predicted octanol–water partition coefficient (Wildman–Crippen LogP) is 3.45. The van der Waals surface area contributed by atoms with Gasteiger partial charge >= 0.3 is 0 Å². The first kappa shape index (κ1) is 17.2. The highest BCUT2D eigenvalue weighted by Gasteiger charge is 2.35. The van der Waals surface area contributed by atoms with Crippen LogP contribution in [0, 0.1) is 11.6 Å². The van der Waals surface area contributed by atoms with Crippen molar-refractivity contribution in [2.24, 2.45) is 0 Å². The molecule has 0 aliphatic carbocycles. The lowest BCUT2D eigenvalue weighted by molar-refractivity contribution is -0.122. The van der Waals surface area contributed by atoms with Gasteiger partial charge in [-0.25, -0.2) is 13.7 Å². The fraction of sp³-hybridized carbons (Fsp3) is 0. The number of benzene rings is 2. The van der Waals surface area contributed by atoms with Crippen LogP contribution >= 0.6 is 23.8 Å². The minimum atomic E-state index is -0.877. The molecule has 25 heavy (non-hydrogen) atoms. The first-order valence-electron chi connectivity index (χ1n) is 7.00. The number of hydrogen-bond donors (Lipinski definition) is 1. The van der Waals surface area contributed by atoms with Crippen molar-refractivity contribution in [1.82, 2.24) is 5.32 Å². The summed E-state index contributed by atoms with van der Waals surface area (Å²) in [5, 5.41) is 2.05. The Labute approximate surface area is 151 Å². The lowest BCUT2D eigenvalue weighted by Crippen LogP contribution is -2.54. The number of halogens is 3. The molecule has 0 aromatic heterocycles. The fourth-order valence-corrected chi connectivity index (χ4v) is 2.79. The number of amides is 2. The Hall–Kier alpha value is -2.64. The van der Waals surface area contributed by atoms with Crippen molar-refractivity contribution in [3.63, 3.8) is 0 Å². The molecule has 126 valence electrons. The van der Waals surface area contributed by atoms with Crippen LogP contribution in [-0.4, -0.2) is 16.9 Å². The lowest BCUT2D eigenvalue weighted by atomic mass is 10.1. The van der Waals surface area contributed by atoms with E-state index in [1.165, 1.54) is 30.3 Å². The summed E-state index contributed by atoms with van der Waals surface area (Å²) in [7, 11) is 0. The average Bonchev–Trinajstić information content (AvgIpc) is 2.55. The Balaban J connectivity index is 2.11. The lowest BCUT2D eigenvalue weighted by Gasteiger charge is -2.29. The molecular weight excluding hydrogens is 370 g/mol. The van der Waals surface area contributed by atoms with Crippen LogP contribution < -0.4 is 10.2 Å². The topological polar surface area (TPSA) is 49.4 Å². The van der Waals surface area contributed by atoms with E-state index >= 15 is 0 Å². The van der Waals surface area contributed by atoms with Crippen LogP contribution in [0.15, 0.2) is 48.0 Å². The second kappa shape index (κ2) is 6.70. The van der Waals surface area contributed by atoms with E-state index in [1.54, 1.807) is 0 Å². The maximum atomic E-state index is 14.0. The highest BCUT2D eigenvalue weighted by atomic mass is 35.5. The largest absolute Gasteiger partial charge is 0.298 e. The minimum absolute atomic E-state index is 0.0266. The molecule has 0 atom stereocenters. The van der Waals surface area contributed by atoms with Crippen molar-refractivity contribution >= 4 is 52.5 Å². The molecule has 1 aliphatic rings. The molecule has 2 aromatic carbocycles. The second-order valence-electron chi connectivity index (χ2n) is 5.04. The Morgan fingerprint density at radius 2 is 1.72 bits per heavy atom. The number of thiocarbonyl (C=S) groups is 1. The van der Waals surface area contributed by atoms with Crippen molar-refractivity contribution in [3.05, 3.63) is 70.3 Å². The normalized spacial score (nSPS) is 16.4. The molecule has 2 aromatic rings. The molecule has 2 amide bonds. The van der Waals surface area contributed by atoms with Gasteiger partial charge in [-0.05, 0) is 42.6 Å². The van der Waals surface area contributed by atoms with Gasteiger partial charge in [0.05, 0.1) is 10.7 Å². The zero-order chi connectivity index (χ0) is 18.1. The SMILES string of the molecule is O=C1NC(=S)N(c2ccccc2F)C(=O)/C1=C/c1c(F)cccc1Cl. The molecule has 1 fully saturated rings. The van der Waals surface area contributed by atoms with Gasteiger partial charge in [0.1, 0.15) is 17.2 Å². The first-order chi connectivity index (χ1) is 11.9. The van der Waals surface area contributed by atoms with Gasteiger partial charge in [0, 0.05) is 5.56 Å². The molecule has 1 aliphatic heterocycles. The van der Waals surface area contributed by atoms with Crippen LogP contribution in [0.2, 0.25) is 5.02 Å². The van der Waals surface area contributed by atoms with Gasteiger partial charge in [-0.15, -0.1) is 0 Å². The smallest absolute Gasteiger partial charge is 0.270 e. The highest BCUT2D eigenvalue weighted by Crippen LogP contribution is 2.27. The zero-order valence-electron chi connectivity index (χ0n) is 12.4. The molecule has 1 saturated heterocycles. The first-order valence-corrected chi connectivity index (χ1v) is 7.79. The molecule has 8 heteroatoms. The molecular formula is C17H9ClF2N2O2S. The van der Waals surface area contributed by atoms with Crippen molar-refractivity contribution in [2.75, 3.05) is 4.90 Å². The predicted molar refractivity (Wildman–Crippen MR) is 94.0 cm³/mol. The number of hydrogen-bond acceptors (Lipinski definition) is 3. The minimum Gasteiger partial charge on any atom is -0.298 e. The van der Waals surface area contributed by atoms with Crippen LogP contribution in [0.25, 0.3) is 6.08 Å². The summed E-state index contributed by atoms with van der Waals surface area (Å²) in [4.78, 5) is 25.7. The molecule has 0 radical (unpaired) electrons. The molecule has 3 rings (SSSR count). The Bertz CT molecular complexity index is 926. The average molecular weight is 379 g/mol. The fourth-order valence-electron chi connectivity index (χ4n) is 2.30. The van der Waals surface area contributed by atoms with Gasteiger partial charge in [0.25, 0.3) is 11.8 Å². The third-order valence-corrected chi connectivity index (χ3v) is 4.10. The van der Waals surface area contributed by atoms with Gasteiger partial charge in [0.15, 0.2) is 5.11 Å². The van der Waals surface area contributed by atoms with Gasteiger partial charge in [-0.1, -0.05) is 29.8 Å². The summed E-state index contributed by atoms with van der Waals surface area (Å²) in [6.45, 7) is 0. The number of para-hydroxylation sites is 1. The van der Waals surface area contributed by atoms with Crippen molar-refractivity contribution in [2.45, 2.75) is 0 Å². The summed E-state index contributed by atoms with van der Waals surface area (Å²) < 4.78 is 28.0. The van der Waals surface area contributed by atoms with Crippen LogP contribution in [0.4, 0.5) is 14.5 Å². The summed E-state index contributed by atoms with van der Waals surface area (Å²) in [6.07, 6.45) is 1.02. The van der Waals surface area contributed by atoms with E-state index in [0.29, 0.717) is 0 Å². The number of anilines is 1. The van der Waals surface area contributed by atoms with Gasteiger partial charge in [-0.3, -0.25) is 14.9 Å². The quantitative estimate of drug-likeness (QED) is 0.494. The zero-order valence-corrected chi connectivity index (χ0v) is 14.0. The highest BCUT2D eigenvalue weighted by molar-refractivity contribution is 7.80. The van der Waals surface area contributed by atoms with Gasteiger partial charge in [-0.2, -0.15) is 0 Å². The Morgan fingerprint density at radius 1 is 1.04 bits per heavy atom. The van der Waals surface area contributed by atoms with Crippen molar-refractivity contribution in [1.29, 1.82) is 0 Å². The van der Waals surface area contributed by atoms with E-state index < -0.39 is 29.0 Å². The van der Waals surface area contributed by atoms with Crippen LogP contribution in [0.1, 0.15) is 5.56 Å². The molecule has 0 bridgehead atoms. The molecule has 0 unspecified atom stereocenters.